The quantitative estimate of drug-likeness (QED) is 0.257. The van der Waals surface area contributed by atoms with Crippen molar-refractivity contribution >= 4 is 17.5 Å². The second kappa shape index (κ2) is 11.5. The number of hydrogen-bond donors (Lipinski definition) is 5. The standard InChI is InChI=1S/C24H31FN4O4/c1-2-32-18-13-19(21(25)20(14-18)33-12-10-16-5-3-4-11-28-16)22(24(30)31)29-17-8-6-15(7-9-17)23(26)27/h6-9,13-14,16,22,28-29H,2-5,10-12H2,1H3,(H3,26,27)(H,30,31). The molecule has 2 unspecified atom stereocenters. The number of aliphatic carboxylic acids is 1. The molecule has 1 aliphatic heterocycles. The maximum atomic E-state index is 15.4. The van der Waals surface area contributed by atoms with Crippen molar-refractivity contribution in [3.05, 3.63) is 53.3 Å². The van der Waals surface area contributed by atoms with Gasteiger partial charge >= 0.3 is 5.97 Å². The molecule has 1 heterocycles. The van der Waals surface area contributed by atoms with Gasteiger partial charge in [0.2, 0.25) is 0 Å². The fourth-order valence-electron chi connectivity index (χ4n) is 3.82. The number of carboxylic acid groups (broad SMARTS) is 1. The molecule has 0 spiro atoms. The zero-order valence-electron chi connectivity index (χ0n) is 18.7. The van der Waals surface area contributed by atoms with E-state index in [1.165, 1.54) is 12.1 Å². The van der Waals surface area contributed by atoms with Crippen LogP contribution in [-0.2, 0) is 4.79 Å². The Labute approximate surface area is 192 Å². The van der Waals surface area contributed by atoms with E-state index in [0.29, 0.717) is 36.3 Å². The van der Waals surface area contributed by atoms with E-state index in [9.17, 15) is 9.90 Å². The second-order valence-corrected chi connectivity index (χ2v) is 7.95. The van der Waals surface area contributed by atoms with E-state index < -0.39 is 17.8 Å². The molecule has 6 N–H and O–H groups in total. The molecule has 0 amide bonds. The maximum absolute atomic E-state index is 15.4. The Morgan fingerprint density at radius 1 is 1.30 bits per heavy atom. The number of nitrogens with two attached hydrogens (primary N) is 1. The lowest BCUT2D eigenvalue weighted by Crippen LogP contribution is -2.35. The number of rotatable bonds is 11. The first-order chi connectivity index (χ1) is 15.9. The number of amidine groups is 1. The second-order valence-electron chi connectivity index (χ2n) is 7.95. The lowest BCUT2D eigenvalue weighted by atomic mass is 10.0. The van der Waals surface area contributed by atoms with Crippen LogP contribution in [0.25, 0.3) is 0 Å². The molecule has 9 heteroatoms. The van der Waals surface area contributed by atoms with Gasteiger partial charge in [-0.2, -0.15) is 0 Å². The molecule has 2 aromatic carbocycles. The molecular formula is C24H31FN4O4. The fraction of sp³-hybridized carbons (Fsp3) is 0.417. The molecule has 2 atom stereocenters. The summed E-state index contributed by atoms with van der Waals surface area (Å²) >= 11 is 0. The van der Waals surface area contributed by atoms with Gasteiger partial charge < -0.3 is 30.9 Å². The summed E-state index contributed by atoms with van der Waals surface area (Å²) in [5.41, 5.74) is 6.32. The van der Waals surface area contributed by atoms with E-state index in [1.807, 2.05) is 0 Å². The summed E-state index contributed by atoms with van der Waals surface area (Å²) in [5.74, 6) is -1.80. The van der Waals surface area contributed by atoms with Crippen molar-refractivity contribution in [1.82, 2.24) is 5.32 Å². The topological polar surface area (TPSA) is 130 Å². The molecule has 3 rings (SSSR count). The molecule has 1 fully saturated rings. The lowest BCUT2D eigenvalue weighted by molar-refractivity contribution is -0.138. The number of hydrogen-bond acceptors (Lipinski definition) is 6. The molecule has 0 aromatic heterocycles. The van der Waals surface area contributed by atoms with Crippen LogP contribution in [0.4, 0.5) is 10.1 Å². The van der Waals surface area contributed by atoms with Gasteiger partial charge in [0.05, 0.1) is 13.2 Å². The predicted molar refractivity (Wildman–Crippen MR) is 125 cm³/mol. The van der Waals surface area contributed by atoms with E-state index in [4.69, 9.17) is 20.6 Å². The van der Waals surface area contributed by atoms with Crippen molar-refractivity contribution in [3.8, 4) is 11.5 Å². The SMILES string of the molecule is CCOc1cc(OCCC2CCCCN2)c(F)c(C(Nc2ccc(C(=N)N)cc2)C(=O)O)c1. The average Bonchev–Trinajstić information content (AvgIpc) is 2.80. The van der Waals surface area contributed by atoms with Crippen LogP contribution in [-0.4, -0.2) is 42.7 Å². The van der Waals surface area contributed by atoms with Gasteiger partial charge in [0.1, 0.15) is 11.6 Å². The molecule has 0 aliphatic carbocycles. The normalized spacial score (nSPS) is 16.6. The minimum atomic E-state index is -1.38. The summed E-state index contributed by atoms with van der Waals surface area (Å²) in [4.78, 5) is 12.1. The summed E-state index contributed by atoms with van der Waals surface area (Å²) in [7, 11) is 0. The minimum absolute atomic E-state index is 0.0354. The van der Waals surface area contributed by atoms with E-state index in [2.05, 4.69) is 10.6 Å². The zero-order valence-corrected chi connectivity index (χ0v) is 18.7. The smallest absolute Gasteiger partial charge is 0.330 e. The van der Waals surface area contributed by atoms with Crippen LogP contribution < -0.4 is 25.8 Å². The minimum Gasteiger partial charge on any atom is -0.494 e. The number of halogens is 1. The Kier molecular flexibility index (Phi) is 8.48. The van der Waals surface area contributed by atoms with Gasteiger partial charge in [-0.25, -0.2) is 9.18 Å². The van der Waals surface area contributed by atoms with Crippen molar-refractivity contribution in [1.29, 1.82) is 5.41 Å². The summed E-state index contributed by atoms with van der Waals surface area (Å²) in [6.07, 6.45) is 4.11. The molecule has 0 radical (unpaired) electrons. The van der Waals surface area contributed by atoms with Crippen LogP contribution in [0, 0.1) is 11.2 Å². The molecule has 0 bridgehead atoms. The van der Waals surface area contributed by atoms with Crippen LogP contribution in [0.3, 0.4) is 0 Å². The fourth-order valence-corrected chi connectivity index (χ4v) is 3.82. The number of carboxylic acids is 1. The molecule has 2 aromatic rings. The van der Waals surface area contributed by atoms with Gasteiger partial charge in [-0.1, -0.05) is 6.42 Å². The third kappa shape index (κ3) is 6.58. The van der Waals surface area contributed by atoms with Crippen molar-refractivity contribution < 1.29 is 23.8 Å². The third-order valence-electron chi connectivity index (χ3n) is 5.55. The van der Waals surface area contributed by atoms with Crippen molar-refractivity contribution in [2.45, 2.75) is 44.7 Å². The van der Waals surface area contributed by atoms with E-state index in [0.717, 1.165) is 32.2 Å². The summed E-state index contributed by atoms with van der Waals surface area (Å²) in [6, 6.07) is 8.14. The van der Waals surface area contributed by atoms with Gasteiger partial charge in [-0.15, -0.1) is 0 Å². The van der Waals surface area contributed by atoms with Crippen LogP contribution >= 0.6 is 0 Å². The number of nitrogen functional groups attached to an aromatic ring is 1. The largest absolute Gasteiger partial charge is 0.494 e. The molecule has 33 heavy (non-hydrogen) atoms. The van der Waals surface area contributed by atoms with E-state index in [1.54, 1.807) is 31.2 Å². The monoisotopic (exact) mass is 458 g/mol. The number of ether oxygens (including phenoxy) is 2. The highest BCUT2D eigenvalue weighted by Crippen LogP contribution is 2.33. The van der Waals surface area contributed by atoms with E-state index in [-0.39, 0.29) is 17.1 Å². The highest BCUT2D eigenvalue weighted by molar-refractivity contribution is 5.95. The summed E-state index contributed by atoms with van der Waals surface area (Å²) < 4.78 is 26.7. The Morgan fingerprint density at radius 2 is 2.06 bits per heavy atom. The number of carbonyl (C=O) groups is 1. The number of piperidine rings is 1. The molecule has 1 aliphatic rings. The van der Waals surface area contributed by atoms with Gasteiger partial charge in [0.15, 0.2) is 17.6 Å². The molecule has 0 saturated carbocycles. The number of benzene rings is 2. The lowest BCUT2D eigenvalue weighted by Gasteiger charge is -2.24. The molecule has 8 nitrogen and oxygen atoms in total. The zero-order chi connectivity index (χ0) is 23.8. The van der Waals surface area contributed by atoms with E-state index >= 15 is 4.39 Å². The highest BCUT2D eigenvalue weighted by Gasteiger charge is 2.27. The Balaban J connectivity index is 1.82. The number of nitrogens with one attached hydrogen (secondary N) is 3. The van der Waals surface area contributed by atoms with Crippen LogP contribution in [0.2, 0.25) is 0 Å². The molecule has 178 valence electrons. The Bertz CT molecular complexity index is 962. The van der Waals surface area contributed by atoms with Crippen LogP contribution in [0.5, 0.6) is 11.5 Å². The van der Waals surface area contributed by atoms with Gasteiger partial charge in [-0.3, -0.25) is 5.41 Å². The third-order valence-corrected chi connectivity index (χ3v) is 5.55. The average molecular weight is 459 g/mol. The van der Waals surface area contributed by atoms with Crippen molar-refractivity contribution in [3.63, 3.8) is 0 Å². The molecule has 1 saturated heterocycles. The van der Waals surface area contributed by atoms with Crippen LogP contribution in [0.1, 0.15) is 49.8 Å². The highest BCUT2D eigenvalue weighted by atomic mass is 19.1. The Hall–Kier alpha value is -3.33. The Morgan fingerprint density at radius 3 is 2.67 bits per heavy atom. The number of anilines is 1. The summed E-state index contributed by atoms with van der Waals surface area (Å²) in [5, 5.41) is 23.6. The predicted octanol–water partition coefficient (Wildman–Crippen LogP) is 3.66. The van der Waals surface area contributed by atoms with Crippen molar-refractivity contribution in [2.24, 2.45) is 5.73 Å². The summed E-state index contributed by atoms with van der Waals surface area (Å²) in [6.45, 7) is 3.42. The molecular weight excluding hydrogens is 427 g/mol. The van der Waals surface area contributed by atoms with Crippen molar-refractivity contribution in [2.75, 3.05) is 25.1 Å². The first kappa shape index (κ1) is 24.3. The first-order valence-electron chi connectivity index (χ1n) is 11.1. The maximum Gasteiger partial charge on any atom is 0.330 e. The van der Waals surface area contributed by atoms with Crippen LogP contribution in [0.15, 0.2) is 36.4 Å². The van der Waals surface area contributed by atoms with Gasteiger partial charge in [0.25, 0.3) is 0 Å². The van der Waals surface area contributed by atoms with Gasteiger partial charge in [-0.05, 0) is 63.1 Å². The van der Waals surface area contributed by atoms with Gasteiger partial charge in [0, 0.05) is 28.9 Å². The first-order valence-corrected chi connectivity index (χ1v) is 11.1.